The summed E-state index contributed by atoms with van der Waals surface area (Å²) >= 11 is 5.79. The zero-order valence-electron chi connectivity index (χ0n) is 12.1. The van der Waals surface area contributed by atoms with Crippen LogP contribution in [0.15, 0.2) is 30.0 Å². The molecule has 0 aromatic heterocycles. The molecule has 1 fully saturated rings. The maximum absolute atomic E-state index is 12.1. The van der Waals surface area contributed by atoms with Gasteiger partial charge in [-0.1, -0.05) is 11.6 Å². The van der Waals surface area contributed by atoms with Gasteiger partial charge in [0.2, 0.25) is 0 Å². The van der Waals surface area contributed by atoms with Crippen molar-refractivity contribution in [2.45, 2.75) is 26.2 Å². The molecule has 1 aromatic rings. The maximum atomic E-state index is 12.1. The average Bonchev–Trinajstić information content (AvgIpc) is 2.39. The van der Waals surface area contributed by atoms with Crippen LogP contribution in [0.25, 0.3) is 0 Å². The van der Waals surface area contributed by atoms with E-state index in [2.05, 4.69) is 10.1 Å². The molecule has 6 nitrogen and oxygen atoms in total. The summed E-state index contributed by atoms with van der Waals surface area (Å²) in [4.78, 5) is 23.4. The van der Waals surface area contributed by atoms with E-state index in [1.54, 1.807) is 0 Å². The first-order valence-corrected chi connectivity index (χ1v) is 6.73. The Morgan fingerprint density at radius 1 is 1.26 bits per heavy atom. The second-order valence-electron chi connectivity index (χ2n) is 4.90. The molecule has 0 saturated carbocycles. The topological polar surface area (TPSA) is 73.9 Å². The number of hydrogen-bond acceptors (Lipinski definition) is 6. The molecule has 1 aromatic carbocycles. The summed E-state index contributed by atoms with van der Waals surface area (Å²) in [5, 5.41) is 2.57. The third kappa shape index (κ3) is 4.32. The van der Waals surface area contributed by atoms with Gasteiger partial charge in [-0.2, -0.15) is 8.78 Å². The van der Waals surface area contributed by atoms with Gasteiger partial charge in [0.05, 0.1) is 5.02 Å². The second-order valence-corrected chi connectivity index (χ2v) is 5.31. The number of halogens is 3. The number of anilines is 1. The first-order valence-electron chi connectivity index (χ1n) is 6.36. The lowest BCUT2D eigenvalue weighted by atomic mass is 10.2. The van der Waals surface area contributed by atoms with E-state index in [1.165, 1.54) is 32.0 Å². The molecule has 0 aliphatic carbocycles. The highest BCUT2D eigenvalue weighted by Crippen LogP contribution is 2.29. The molecule has 0 radical (unpaired) electrons. The third-order valence-electron chi connectivity index (χ3n) is 2.65. The van der Waals surface area contributed by atoms with Gasteiger partial charge in [0.15, 0.2) is 5.57 Å². The Morgan fingerprint density at radius 3 is 2.39 bits per heavy atom. The number of benzene rings is 1. The fraction of sp³-hybridized carbons (Fsp3) is 0.286. The summed E-state index contributed by atoms with van der Waals surface area (Å²) in [5.41, 5.74) is 0.00269. The molecule has 1 N–H and O–H groups in total. The molecule has 1 heterocycles. The minimum absolute atomic E-state index is 0.0661. The molecule has 1 saturated heterocycles. The van der Waals surface area contributed by atoms with Crippen molar-refractivity contribution >= 4 is 29.2 Å². The van der Waals surface area contributed by atoms with E-state index in [0.717, 1.165) is 6.20 Å². The molecule has 0 bridgehead atoms. The van der Waals surface area contributed by atoms with E-state index in [1.807, 2.05) is 0 Å². The Labute approximate surface area is 135 Å². The van der Waals surface area contributed by atoms with Crippen LogP contribution in [0, 0.1) is 0 Å². The first kappa shape index (κ1) is 17.0. The van der Waals surface area contributed by atoms with E-state index in [0.29, 0.717) is 5.69 Å². The standard InChI is InChI=1S/C14H12ClF2NO5/c1-14(2)22-11(19)8(12(20)23-14)6-18-7-3-4-10(9(15)5-7)21-13(16)17/h3-6,13,18H,1-2H3. The molecular weight excluding hydrogens is 336 g/mol. The summed E-state index contributed by atoms with van der Waals surface area (Å²) < 4.78 is 38.3. The normalized spacial score (nSPS) is 16.7. The van der Waals surface area contributed by atoms with Crippen LogP contribution in [-0.2, 0) is 19.1 Å². The zero-order chi connectivity index (χ0) is 17.2. The number of hydrogen-bond donors (Lipinski definition) is 1. The van der Waals surface area contributed by atoms with Crippen LogP contribution >= 0.6 is 11.6 Å². The largest absolute Gasteiger partial charge is 0.433 e. The number of ether oxygens (including phenoxy) is 3. The number of rotatable bonds is 4. The summed E-state index contributed by atoms with van der Waals surface area (Å²) in [7, 11) is 0. The molecular formula is C14H12ClF2NO5. The van der Waals surface area contributed by atoms with E-state index < -0.39 is 24.3 Å². The highest BCUT2D eigenvalue weighted by Gasteiger charge is 2.38. The SMILES string of the molecule is CC1(C)OC(=O)C(=CNc2ccc(OC(F)F)c(Cl)c2)C(=O)O1. The van der Waals surface area contributed by atoms with Crippen LogP contribution in [0.3, 0.4) is 0 Å². The summed E-state index contributed by atoms with van der Waals surface area (Å²) in [5.74, 6) is -3.22. The van der Waals surface area contributed by atoms with Crippen LogP contribution in [0.1, 0.15) is 13.8 Å². The van der Waals surface area contributed by atoms with Gasteiger partial charge in [-0.05, 0) is 18.2 Å². The molecule has 0 amide bonds. The highest BCUT2D eigenvalue weighted by molar-refractivity contribution is 6.32. The summed E-state index contributed by atoms with van der Waals surface area (Å²) in [6.07, 6.45) is 1.08. The predicted octanol–water partition coefficient (Wildman–Crippen LogP) is 3.07. The van der Waals surface area contributed by atoms with Crippen LogP contribution in [-0.4, -0.2) is 24.3 Å². The van der Waals surface area contributed by atoms with Gasteiger partial charge in [-0.15, -0.1) is 0 Å². The maximum Gasteiger partial charge on any atom is 0.387 e. The predicted molar refractivity (Wildman–Crippen MR) is 76.1 cm³/mol. The van der Waals surface area contributed by atoms with E-state index in [4.69, 9.17) is 21.1 Å². The van der Waals surface area contributed by atoms with Crippen molar-refractivity contribution in [2.75, 3.05) is 5.32 Å². The number of carbonyl (C=O) groups excluding carboxylic acids is 2. The van der Waals surface area contributed by atoms with Crippen LogP contribution < -0.4 is 10.1 Å². The Bertz CT molecular complexity index is 653. The number of alkyl halides is 2. The lowest BCUT2D eigenvalue weighted by Gasteiger charge is -2.29. The van der Waals surface area contributed by atoms with Gasteiger partial charge in [-0.3, -0.25) is 0 Å². The van der Waals surface area contributed by atoms with Crippen molar-refractivity contribution in [1.82, 2.24) is 0 Å². The number of nitrogens with one attached hydrogen (secondary N) is 1. The number of esters is 2. The van der Waals surface area contributed by atoms with Gasteiger partial charge < -0.3 is 19.5 Å². The molecule has 9 heteroatoms. The first-order chi connectivity index (χ1) is 10.7. The minimum atomic E-state index is -3.00. The van der Waals surface area contributed by atoms with Crippen molar-refractivity contribution in [3.63, 3.8) is 0 Å². The molecule has 124 valence electrons. The minimum Gasteiger partial charge on any atom is -0.433 e. The monoisotopic (exact) mass is 347 g/mol. The Hall–Kier alpha value is -2.35. The zero-order valence-corrected chi connectivity index (χ0v) is 12.8. The quantitative estimate of drug-likeness (QED) is 0.512. The molecule has 1 aliphatic rings. The van der Waals surface area contributed by atoms with Crippen molar-refractivity contribution in [3.8, 4) is 5.75 Å². The van der Waals surface area contributed by atoms with Gasteiger partial charge in [-0.25, -0.2) is 9.59 Å². The van der Waals surface area contributed by atoms with Crippen LogP contribution in [0.5, 0.6) is 5.75 Å². The molecule has 23 heavy (non-hydrogen) atoms. The van der Waals surface area contributed by atoms with Crippen molar-refractivity contribution in [1.29, 1.82) is 0 Å². The fourth-order valence-corrected chi connectivity index (χ4v) is 1.94. The molecule has 0 spiro atoms. The Balaban J connectivity index is 2.12. The van der Waals surface area contributed by atoms with Crippen LogP contribution in [0.4, 0.5) is 14.5 Å². The lowest BCUT2D eigenvalue weighted by molar-refractivity contribution is -0.222. The van der Waals surface area contributed by atoms with E-state index >= 15 is 0 Å². The number of cyclic esters (lactones) is 2. The summed E-state index contributed by atoms with van der Waals surface area (Å²) in [6, 6.07) is 3.89. The molecule has 0 unspecified atom stereocenters. The van der Waals surface area contributed by atoms with Crippen molar-refractivity contribution < 1.29 is 32.6 Å². The fourth-order valence-electron chi connectivity index (χ4n) is 1.72. The van der Waals surface area contributed by atoms with Gasteiger partial charge in [0.1, 0.15) is 5.75 Å². The van der Waals surface area contributed by atoms with E-state index in [-0.39, 0.29) is 16.3 Å². The second kappa shape index (κ2) is 6.41. The van der Waals surface area contributed by atoms with Gasteiger partial charge in [0, 0.05) is 25.7 Å². The summed E-state index contributed by atoms with van der Waals surface area (Å²) in [6.45, 7) is -0.146. The molecule has 0 atom stereocenters. The smallest absolute Gasteiger partial charge is 0.387 e. The average molecular weight is 348 g/mol. The Kier molecular flexibility index (Phi) is 4.74. The highest BCUT2D eigenvalue weighted by atomic mass is 35.5. The van der Waals surface area contributed by atoms with Crippen LogP contribution in [0.2, 0.25) is 5.02 Å². The van der Waals surface area contributed by atoms with Crippen molar-refractivity contribution in [2.24, 2.45) is 0 Å². The van der Waals surface area contributed by atoms with E-state index in [9.17, 15) is 18.4 Å². The molecule has 1 aliphatic heterocycles. The van der Waals surface area contributed by atoms with Crippen molar-refractivity contribution in [3.05, 3.63) is 35.0 Å². The van der Waals surface area contributed by atoms with Gasteiger partial charge in [0.25, 0.3) is 5.79 Å². The van der Waals surface area contributed by atoms with Gasteiger partial charge >= 0.3 is 18.6 Å². The molecule has 2 rings (SSSR count). The third-order valence-corrected chi connectivity index (χ3v) is 2.94. The number of carbonyl (C=O) groups is 2. The lowest BCUT2D eigenvalue weighted by Crippen LogP contribution is -2.42. The Morgan fingerprint density at radius 2 is 1.87 bits per heavy atom.